The molecule has 21 heavy (non-hydrogen) atoms. The molecule has 0 saturated heterocycles. The first-order chi connectivity index (χ1) is 10.0. The van der Waals surface area contributed by atoms with Crippen molar-refractivity contribution in [2.75, 3.05) is 0 Å². The molecule has 3 aromatic rings. The second-order valence-corrected chi connectivity index (χ2v) is 5.44. The van der Waals surface area contributed by atoms with Crippen molar-refractivity contribution >= 4 is 16.6 Å². The number of nitro benzene ring substituents is 1. The number of nitrogens with zero attached hydrogens (tertiary/aromatic N) is 2. The lowest BCUT2D eigenvalue weighted by Gasteiger charge is -2.08. The Labute approximate surface area is 122 Å². The van der Waals surface area contributed by atoms with Gasteiger partial charge in [-0.2, -0.15) is 0 Å². The van der Waals surface area contributed by atoms with Gasteiger partial charge in [0.1, 0.15) is 0 Å². The molecule has 0 fully saturated rings. The minimum Gasteiger partial charge on any atom is -0.343 e. The summed E-state index contributed by atoms with van der Waals surface area (Å²) < 4.78 is 2.05. The van der Waals surface area contributed by atoms with Gasteiger partial charge in [0.25, 0.3) is 5.69 Å². The summed E-state index contributed by atoms with van der Waals surface area (Å²) in [5, 5.41) is 11.9. The third-order valence-corrected chi connectivity index (χ3v) is 3.60. The third kappa shape index (κ3) is 2.65. The van der Waals surface area contributed by atoms with Gasteiger partial charge in [0.05, 0.1) is 10.4 Å². The Kier molecular flexibility index (Phi) is 3.22. The lowest BCUT2D eigenvalue weighted by atomic mass is 10.1. The van der Waals surface area contributed by atoms with Gasteiger partial charge < -0.3 is 4.57 Å². The van der Waals surface area contributed by atoms with Crippen molar-refractivity contribution in [2.24, 2.45) is 0 Å². The normalized spacial score (nSPS) is 11.0. The average molecular weight is 280 g/mol. The van der Waals surface area contributed by atoms with Crippen LogP contribution in [0.25, 0.3) is 10.9 Å². The molecule has 0 spiro atoms. The predicted octanol–water partition coefficient (Wildman–Crippen LogP) is 4.21. The topological polar surface area (TPSA) is 48.1 Å². The van der Waals surface area contributed by atoms with E-state index >= 15 is 0 Å². The van der Waals surface area contributed by atoms with Gasteiger partial charge in [0, 0.05) is 30.3 Å². The quantitative estimate of drug-likeness (QED) is 0.533. The molecule has 0 atom stereocenters. The molecule has 3 rings (SSSR count). The van der Waals surface area contributed by atoms with E-state index in [1.165, 1.54) is 16.7 Å². The molecule has 4 heteroatoms. The van der Waals surface area contributed by atoms with E-state index in [1.807, 2.05) is 12.3 Å². The molecule has 0 aliphatic rings. The Morgan fingerprint density at radius 1 is 1.05 bits per heavy atom. The first kappa shape index (κ1) is 13.4. The summed E-state index contributed by atoms with van der Waals surface area (Å²) in [7, 11) is 0. The molecular weight excluding hydrogens is 264 g/mol. The maximum absolute atomic E-state index is 10.9. The third-order valence-electron chi connectivity index (χ3n) is 3.60. The van der Waals surface area contributed by atoms with Crippen molar-refractivity contribution in [2.45, 2.75) is 20.4 Å². The Bertz CT molecular complexity index is 814. The van der Waals surface area contributed by atoms with Crippen molar-refractivity contribution < 1.29 is 4.92 Å². The molecule has 1 heterocycles. The molecule has 0 radical (unpaired) electrons. The highest BCUT2D eigenvalue weighted by Gasteiger charge is 2.09. The summed E-state index contributed by atoms with van der Waals surface area (Å²) in [6.07, 6.45) is 1.98. The van der Waals surface area contributed by atoms with Gasteiger partial charge >= 0.3 is 0 Å². The predicted molar refractivity (Wildman–Crippen MR) is 83.6 cm³/mol. The Morgan fingerprint density at radius 3 is 2.43 bits per heavy atom. The summed E-state index contributed by atoms with van der Waals surface area (Å²) in [6, 6.07) is 13.4. The first-order valence-electron chi connectivity index (χ1n) is 6.83. The van der Waals surface area contributed by atoms with Crippen LogP contribution in [0.15, 0.2) is 48.7 Å². The second-order valence-electron chi connectivity index (χ2n) is 5.44. The standard InChI is InChI=1S/C17H16N2O2/c1-12-7-13(2)9-14(8-12)11-18-6-5-15-3-4-16(19(20)21)10-17(15)18/h3-10H,11H2,1-2H3. The Balaban J connectivity index is 2.03. The maximum Gasteiger partial charge on any atom is 0.271 e. The molecule has 0 unspecified atom stereocenters. The number of fused-ring (bicyclic) bond motifs is 1. The van der Waals surface area contributed by atoms with E-state index in [0.29, 0.717) is 6.54 Å². The highest BCUT2D eigenvalue weighted by molar-refractivity contribution is 5.82. The molecule has 0 amide bonds. The van der Waals surface area contributed by atoms with Crippen LogP contribution in [0.5, 0.6) is 0 Å². The van der Waals surface area contributed by atoms with Gasteiger partial charge in [-0.15, -0.1) is 0 Å². The number of nitro groups is 1. The lowest BCUT2D eigenvalue weighted by molar-refractivity contribution is -0.384. The van der Waals surface area contributed by atoms with Gasteiger partial charge in [-0.1, -0.05) is 29.3 Å². The van der Waals surface area contributed by atoms with Gasteiger partial charge in [-0.3, -0.25) is 10.1 Å². The molecule has 0 saturated carbocycles. The van der Waals surface area contributed by atoms with E-state index in [9.17, 15) is 10.1 Å². The van der Waals surface area contributed by atoms with Crippen LogP contribution in [0, 0.1) is 24.0 Å². The summed E-state index contributed by atoms with van der Waals surface area (Å²) in [5.74, 6) is 0. The molecule has 1 aromatic heterocycles. The first-order valence-corrected chi connectivity index (χ1v) is 6.83. The van der Waals surface area contributed by atoms with Crippen molar-refractivity contribution in [1.29, 1.82) is 0 Å². The van der Waals surface area contributed by atoms with Crippen LogP contribution >= 0.6 is 0 Å². The number of benzene rings is 2. The molecule has 0 aliphatic heterocycles. The number of hydrogen-bond donors (Lipinski definition) is 0. The number of non-ortho nitro benzene ring substituents is 1. The lowest BCUT2D eigenvalue weighted by Crippen LogP contribution is -1.99. The molecule has 0 aliphatic carbocycles. The zero-order valence-electron chi connectivity index (χ0n) is 12.0. The van der Waals surface area contributed by atoms with E-state index < -0.39 is 0 Å². The molecule has 4 nitrogen and oxygen atoms in total. The zero-order chi connectivity index (χ0) is 15.0. The van der Waals surface area contributed by atoms with E-state index in [2.05, 4.69) is 36.6 Å². The highest BCUT2D eigenvalue weighted by atomic mass is 16.6. The number of aryl methyl sites for hydroxylation is 2. The molecule has 106 valence electrons. The number of hydrogen-bond acceptors (Lipinski definition) is 2. The van der Waals surface area contributed by atoms with Crippen LogP contribution in [0.1, 0.15) is 16.7 Å². The van der Waals surface area contributed by atoms with Crippen LogP contribution in [-0.4, -0.2) is 9.49 Å². The summed E-state index contributed by atoms with van der Waals surface area (Å²) >= 11 is 0. The largest absolute Gasteiger partial charge is 0.343 e. The van der Waals surface area contributed by atoms with Crippen molar-refractivity contribution in [3.63, 3.8) is 0 Å². The van der Waals surface area contributed by atoms with Crippen molar-refractivity contribution in [3.05, 3.63) is 75.5 Å². The van der Waals surface area contributed by atoms with Gasteiger partial charge in [-0.25, -0.2) is 0 Å². The Hall–Kier alpha value is -2.62. The van der Waals surface area contributed by atoms with E-state index in [4.69, 9.17) is 0 Å². The number of aromatic nitrogens is 1. The van der Waals surface area contributed by atoms with Crippen molar-refractivity contribution in [3.8, 4) is 0 Å². The Morgan fingerprint density at radius 2 is 1.76 bits per heavy atom. The molecule has 2 aromatic carbocycles. The number of rotatable bonds is 3. The molecule has 0 N–H and O–H groups in total. The summed E-state index contributed by atoms with van der Waals surface area (Å²) in [6.45, 7) is 4.87. The summed E-state index contributed by atoms with van der Waals surface area (Å²) in [5.41, 5.74) is 4.68. The fraction of sp³-hybridized carbons (Fsp3) is 0.176. The SMILES string of the molecule is Cc1cc(C)cc(Cn2ccc3ccc([N+](=O)[O-])cc32)c1. The second kappa shape index (κ2) is 5.05. The van der Waals surface area contributed by atoms with Gasteiger partial charge in [0.2, 0.25) is 0 Å². The fourth-order valence-corrected chi connectivity index (χ4v) is 2.78. The monoisotopic (exact) mass is 280 g/mol. The smallest absolute Gasteiger partial charge is 0.271 e. The van der Waals surface area contributed by atoms with E-state index in [0.717, 1.165) is 10.9 Å². The van der Waals surface area contributed by atoms with Crippen LogP contribution in [0.3, 0.4) is 0 Å². The molecule has 0 bridgehead atoms. The van der Waals surface area contributed by atoms with Crippen LogP contribution < -0.4 is 0 Å². The van der Waals surface area contributed by atoms with Crippen LogP contribution in [-0.2, 0) is 6.54 Å². The minimum atomic E-state index is -0.354. The van der Waals surface area contributed by atoms with Crippen LogP contribution in [0.4, 0.5) is 5.69 Å². The van der Waals surface area contributed by atoms with E-state index in [1.54, 1.807) is 18.2 Å². The van der Waals surface area contributed by atoms with E-state index in [-0.39, 0.29) is 10.6 Å². The fourth-order valence-electron chi connectivity index (χ4n) is 2.78. The van der Waals surface area contributed by atoms with Crippen molar-refractivity contribution in [1.82, 2.24) is 4.57 Å². The summed E-state index contributed by atoms with van der Waals surface area (Å²) in [4.78, 5) is 10.6. The highest BCUT2D eigenvalue weighted by Crippen LogP contribution is 2.23. The minimum absolute atomic E-state index is 0.128. The van der Waals surface area contributed by atoms with Gasteiger partial charge in [0.15, 0.2) is 0 Å². The zero-order valence-corrected chi connectivity index (χ0v) is 12.0. The van der Waals surface area contributed by atoms with Crippen LogP contribution in [0.2, 0.25) is 0 Å². The average Bonchev–Trinajstić information content (AvgIpc) is 2.80. The van der Waals surface area contributed by atoms with Gasteiger partial charge in [-0.05, 0) is 31.5 Å². The maximum atomic E-state index is 10.9. The molecular formula is C17H16N2O2.